The maximum Gasteiger partial charge on any atom is 0.407 e. The Morgan fingerprint density at radius 2 is 1.82 bits per heavy atom. The van der Waals surface area contributed by atoms with Gasteiger partial charge in [-0.1, -0.05) is 19.9 Å². The van der Waals surface area contributed by atoms with Gasteiger partial charge in [0.25, 0.3) is 0 Å². The lowest BCUT2D eigenvalue weighted by Gasteiger charge is -2.27. The molecule has 2 N–H and O–H groups in total. The summed E-state index contributed by atoms with van der Waals surface area (Å²) in [4.78, 5) is 19.2. The summed E-state index contributed by atoms with van der Waals surface area (Å²) >= 11 is 0. The molecule has 1 atom stereocenters. The first-order valence-electron chi connectivity index (χ1n) is 11.2. The number of amides is 1. The fourth-order valence-electron chi connectivity index (χ4n) is 3.59. The molecule has 0 saturated carbocycles. The fraction of sp³-hybridized carbons (Fsp3) is 0.667. The van der Waals surface area contributed by atoms with Crippen LogP contribution in [0.25, 0.3) is 0 Å². The Kier molecular flexibility index (Phi) is 11.1. The van der Waals surface area contributed by atoms with Crippen molar-refractivity contribution in [1.82, 2.24) is 15.5 Å². The normalized spacial score (nSPS) is 16.7. The zero-order chi connectivity index (χ0) is 23.9. The van der Waals surface area contributed by atoms with E-state index in [2.05, 4.69) is 42.4 Å². The smallest absolute Gasteiger partial charge is 0.407 e. The van der Waals surface area contributed by atoms with Gasteiger partial charge >= 0.3 is 6.09 Å². The summed E-state index contributed by atoms with van der Waals surface area (Å²) in [6.45, 7) is 14.9. The Balaban J connectivity index is 0.00000544. The van der Waals surface area contributed by atoms with Gasteiger partial charge in [-0.25, -0.2) is 4.79 Å². The summed E-state index contributed by atoms with van der Waals surface area (Å²) in [6, 6.07) is 6.03. The number of hydrogen-bond donors (Lipinski definition) is 2. The minimum atomic E-state index is -0.505. The van der Waals surface area contributed by atoms with E-state index in [0.717, 1.165) is 31.0 Å². The lowest BCUT2D eigenvalue weighted by molar-refractivity contribution is 0.0507. The number of aliphatic imine (C=N–C) groups is 1. The van der Waals surface area contributed by atoms with Gasteiger partial charge < -0.3 is 29.7 Å². The number of benzene rings is 1. The molecule has 0 aromatic heterocycles. The summed E-state index contributed by atoms with van der Waals surface area (Å²) in [5.41, 5.74) is 0.420. The average molecular weight is 577 g/mol. The van der Waals surface area contributed by atoms with Gasteiger partial charge in [-0.2, -0.15) is 0 Å². The molecule has 1 aliphatic rings. The number of nitrogens with zero attached hydrogens (tertiary/aromatic N) is 2. The van der Waals surface area contributed by atoms with Crippen LogP contribution in [0.3, 0.4) is 0 Å². The molecule has 1 heterocycles. The summed E-state index contributed by atoms with van der Waals surface area (Å²) in [7, 11) is 3.28. The van der Waals surface area contributed by atoms with E-state index in [-0.39, 0.29) is 41.5 Å². The number of guanidine groups is 1. The molecule has 33 heavy (non-hydrogen) atoms. The molecule has 9 heteroatoms. The SMILES string of the molecule is CCNC(=NCC(C)(C)c1ccc(OC)c(OC)c1)N1CCC(NC(=O)OC(C)(C)C)C1.I. The molecule has 0 radical (unpaired) electrons. The van der Waals surface area contributed by atoms with Gasteiger partial charge in [-0.15, -0.1) is 24.0 Å². The van der Waals surface area contributed by atoms with E-state index in [9.17, 15) is 4.79 Å². The number of alkyl carbamates (subject to hydrolysis) is 1. The van der Waals surface area contributed by atoms with Crippen molar-refractivity contribution >= 4 is 36.0 Å². The van der Waals surface area contributed by atoms with E-state index in [1.54, 1.807) is 14.2 Å². The van der Waals surface area contributed by atoms with Crippen molar-refractivity contribution in [2.75, 3.05) is 40.4 Å². The van der Waals surface area contributed by atoms with Crippen molar-refractivity contribution in [1.29, 1.82) is 0 Å². The van der Waals surface area contributed by atoms with E-state index in [4.69, 9.17) is 19.2 Å². The van der Waals surface area contributed by atoms with E-state index >= 15 is 0 Å². The van der Waals surface area contributed by atoms with Gasteiger partial charge in [0, 0.05) is 25.0 Å². The van der Waals surface area contributed by atoms with Gasteiger partial charge in [-0.05, 0) is 51.8 Å². The number of likely N-dealkylation sites (tertiary alicyclic amines) is 1. The van der Waals surface area contributed by atoms with Crippen molar-refractivity contribution < 1.29 is 19.0 Å². The second kappa shape index (κ2) is 12.5. The standard InChI is InChI=1S/C24H40N4O4.HI/c1-9-25-21(28-13-12-18(15-28)27-22(29)32-23(2,3)4)26-16-24(5,6)17-10-11-19(30-7)20(14-17)31-8;/h10-11,14,18H,9,12-13,15-16H2,1-8H3,(H,25,26)(H,27,29);1H. The summed E-state index contributed by atoms with van der Waals surface area (Å²) in [5.74, 6) is 2.28. The second-order valence-corrected chi connectivity index (χ2v) is 9.70. The van der Waals surface area contributed by atoms with Crippen molar-refractivity contribution in [3.05, 3.63) is 23.8 Å². The van der Waals surface area contributed by atoms with Crippen LogP contribution in [0.5, 0.6) is 11.5 Å². The molecular formula is C24H41IN4O4. The van der Waals surface area contributed by atoms with Crippen LogP contribution in [0.4, 0.5) is 4.79 Å². The van der Waals surface area contributed by atoms with Crippen LogP contribution < -0.4 is 20.1 Å². The molecule has 1 aliphatic heterocycles. The maximum atomic E-state index is 12.1. The Morgan fingerprint density at radius 3 is 2.39 bits per heavy atom. The van der Waals surface area contributed by atoms with Crippen molar-refractivity contribution in [3.8, 4) is 11.5 Å². The van der Waals surface area contributed by atoms with E-state index in [1.165, 1.54) is 0 Å². The number of carbonyl (C=O) groups is 1. The highest BCUT2D eigenvalue weighted by Gasteiger charge is 2.29. The largest absolute Gasteiger partial charge is 0.493 e. The average Bonchev–Trinajstić information content (AvgIpc) is 3.17. The number of nitrogens with one attached hydrogen (secondary N) is 2. The van der Waals surface area contributed by atoms with Gasteiger partial charge in [0.1, 0.15) is 5.60 Å². The fourth-order valence-corrected chi connectivity index (χ4v) is 3.59. The predicted octanol–water partition coefficient (Wildman–Crippen LogP) is 4.16. The van der Waals surface area contributed by atoms with Crippen molar-refractivity contribution in [2.24, 2.45) is 4.99 Å². The lowest BCUT2D eigenvalue weighted by atomic mass is 9.84. The highest BCUT2D eigenvalue weighted by Crippen LogP contribution is 2.33. The molecule has 1 saturated heterocycles. The third-order valence-electron chi connectivity index (χ3n) is 5.33. The quantitative estimate of drug-likeness (QED) is 0.288. The molecule has 1 amide bonds. The Bertz CT molecular complexity index is 808. The summed E-state index contributed by atoms with van der Waals surface area (Å²) in [5, 5.41) is 6.36. The first kappa shape index (κ1) is 29.1. The molecule has 2 rings (SSSR count). The third-order valence-corrected chi connectivity index (χ3v) is 5.33. The maximum absolute atomic E-state index is 12.1. The first-order chi connectivity index (χ1) is 15.0. The van der Waals surface area contributed by atoms with Crippen LogP contribution in [-0.2, 0) is 10.2 Å². The Labute approximate surface area is 215 Å². The topological polar surface area (TPSA) is 84.4 Å². The molecular weight excluding hydrogens is 535 g/mol. The number of halogens is 1. The van der Waals surface area contributed by atoms with Gasteiger partial charge in [-0.3, -0.25) is 4.99 Å². The molecule has 1 aromatic rings. The minimum absolute atomic E-state index is 0. The number of carbonyl (C=O) groups excluding carboxylic acids is 1. The molecule has 0 spiro atoms. The molecule has 188 valence electrons. The van der Waals surface area contributed by atoms with Crippen LogP contribution in [0.15, 0.2) is 23.2 Å². The molecule has 0 aliphatic carbocycles. The molecule has 1 fully saturated rings. The Hall–Kier alpha value is -1.91. The number of rotatable bonds is 7. The number of methoxy groups -OCH3 is 2. The third kappa shape index (κ3) is 8.75. The molecule has 8 nitrogen and oxygen atoms in total. The highest BCUT2D eigenvalue weighted by molar-refractivity contribution is 14.0. The van der Waals surface area contributed by atoms with E-state index in [1.807, 2.05) is 32.9 Å². The number of hydrogen-bond acceptors (Lipinski definition) is 5. The summed E-state index contributed by atoms with van der Waals surface area (Å²) < 4.78 is 16.2. The monoisotopic (exact) mass is 576 g/mol. The first-order valence-corrected chi connectivity index (χ1v) is 11.2. The Morgan fingerprint density at radius 1 is 1.15 bits per heavy atom. The van der Waals surface area contributed by atoms with Crippen LogP contribution in [-0.4, -0.2) is 69.0 Å². The van der Waals surface area contributed by atoms with Crippen molar-refractivity contribution in [2.45, 2.75) is 65.0 Å². The van der Waals surface area contributed by atoms with Crippen LogP contribution in [0, 0.1) is 0 Å². The molecule has 0 bridgehead atoms. The van der Waals surface area contributed by atoms with Crippen LogP contribution in [0.1, 0.15) is 53.5 Å². The highest BCUT2D eigenvalue weighted by atomic mass is 127. The molecule has 1 unspecified atom stereocenters. The van der Waals surface area contributed by atoms with Crippen molar-refractivity contribution in [3.63, 3.8) is 0 Å². The predicted molar refractivity (Wildman–Crippen MR) is 143 cm³/mol. The number of ether oxygens (including phenoxy) is 3. The minimum Gasteiger partial charge on any atom is -0.493 e. The van der Waals surface area contributed by atoms with Gasteiger partial charge in [0.15, 0.2) is 17.5 Å². The molecule has 1 aromatic carbocycles. The van der Waals surface area contributed by atoms with Gasteiger partial charge in [0.2, 0.25) is 0 Å². The zero-order valence-electron chi connectivity index (χ0n) is 21.3. The lowest BCUT2D eigenvalue weighted by Crippen LogP contribution is -2.44. The van der Waals surface area contributed by atoms with Gasteiger partial charge in [0.05, 0.1) is 26.8 Å². The van der Waals surface area contributed by atoms with Crippen LogP contribution >= 0.6 is 24.0 Å². The summed E-state index contributed by atoms with van der Waals surface area (Å²) in [6.07, 6.45) is 0.476. The zero-order valence-corrected chi connectivity index (χ0v) is 23.6. The van der Waals surface area contributed by atoms with Crippen LogP contribution in [0.2, 0.25) is 0 Å². The second-order valence-electron chi connectivity index (χ2n) is 9.70. The van der Waals surface area contributed by atoms with E-state index in [0.29, 0.717) is 24.6 Å². The van der Waals surface area contributed by atoms with E-state index < -0.39 is 5.60 Å².